The summed E-state index contributed by atoms with van der Waals surface area (Å²) in [4.78, 5) is 2.69. The van der Waals surface area contributed by atoms with E-state index < -0.39 is 0 Å². The SMILES string of the molecule is CCn1nc(C)cc1CN1CC(C)(C)NCC1(CC)CC. The smallest absolute Gasteiger partial charge is 0.0597 e. The van der Waals surface area contributed by atoms with Crippen LogP contribution < -0.4 is 5.32 Å². The first-order valence-electron chi connectivity index (χ1n) is 8.39. The van der Waals surface area contributed by atoms with E-state index >= 15 is 0 Å². The van der Waals surface area contributed by atoms with Gasteiger partial charge in [0.05, 0.1) is 11.4 Å². The van der Waals surface area contributed by atoms with Gasteiger partial charge >= 0.3 is 0 Å². The van der Waals surface area contributed by atoms with E-state index in [1.165, 1.54) is 18.5 Å². The quantitative estimate of drug-likeness (QED) is 0.906. The second-order valence-corrected chi connectivity index (χ2v) is 7.12. The lowest BCUT2D eigenvalue weighted by Crippen LogP contribution is -2.67. The molecule has 120 valence electrons. The predicted molar refractivity (Wildman–Crippen MR) is 88.4 cm³/mol. The van der Waals surface area contributed by atoms with Crippen LogP contribution >= 0.6 is 0 Å². The molecule has 0 spiro atoms. The summed E-state index contributed by atoms with van der Waals surface area (Å²) in [6, 6.07) is 2.24. The van der Waals surface area contributed by atoms with Gasteiger partial charge in [-0.3, -0.25) is 9.58 Å². The van der Waals surface area contributed by atoms with Gasteiger partial charge in [-0.1, -0.05) is 13.8 Å². The molecule has 1 saturated heterocycles. The second kappa shape index (κ2) is 6.09. The molecule has 1 aromatic rings. The zero-order chi connectivity index (χ0) is 15.7. The summed E-state index contributed by atoms with van der Waals surface area (Å²) in [7, 11) is 0. The van der Waals surface area contributed by atoms with E-state index in [1.807, 2.05) is 0 Å². The molecule has 0 bridgehead atoms. The Morgan fingerprint density at radius 2 is 1.90 bits per heavy atom. The van der Waals surface area contributed by atoms with Crippen LogP contribution in [0, 0.1) is 6.92 Å². The van der Waals surface area contributed by atoms with Crippen LogP contribution in [0.4, 0.5) is 0 Å². The Labute approximate surface area is 129 Å². The molecule has 0 unspecified atom stereocenters. The van der Waals surface area contributed by atoms with Crippen LogP contribution in [-0.2, 0) is 13.1 Å². The van der Waals surface area contributed by atoms with Crippen molar-refractivity contribution in [3.8, 4) is 0 Å². The molecule has 0 saturated carbocycles. The van der Waals surface area contributed by atoms with E-state index in [4.69, 9.17) is 0 Å². The van der Waals surface area contributed by atoms with Gasteiger partial charge in [0.15, 0.2) is 0 Å². The van der Waals surface area contributed by atoms with Crippen molar-refractivity contribution in [1.29, 1.82) is 0 Å². The van der Waals surface area contributed by atoms with Gasteiger partial charge in [-0.05, 0) is 46.6 Å². The van der Waals surface area contributed by atoms with Gasteiger partial charge < -0.3 is 5.32 Å². The molecule has 0 aromatic carbocycles. The number of hydrogen-bond acceptors (Lipinski definition) is 3. The first kappa shape index (κ1) is 16.5. The zero-order valence-electron chi connectivity index (χ0n) is 14.7. The summed E-state index contributed by atoms with van der Waals surface area (Å²) in [6.07, 6.45) is 2.37. The van der Waals surface area contributed by atoms with Crippen LogP contribution in [0.1, 0.15) is 58.8 Å². The number of nitrogens with zero attached hydrogens (tertiary/aromatic N) is 3. The molecular weight excluding hydrogens is 260 g/mol. The summed E-state index contributed by atoms with van der Waals surface area (Å²) in [6.45, 7) is 17.6. The van der Waals surface area contributed by atoms with Gasteiger partial charge in [0, 0.05) is 37.3 Å². The van der Waals surface area contributed by atoms with Crippen LogP contribution in [0.2, 0.25) is 0 Å². The molecule has 4 nitrogen and oxygen atoms in total. The highest BCUT2D eigenvalue weighted by Gasteiger charge is 2.41. The molecule has 1 aromatic heterocycles. The topological polar surface area (TPSA) is 33.1 Å². The third-order valence-electron chi connectivity index (χ3n) is 5.11. The van der Waals surface area contributed by atoms with Crippen LogP contribution in [0.5, 0.6) is 0 Å². The first-order valence-corrected chi connectivity index (χ1v) is 8.39. The molecular formula is C17H32N4. The molecule has 0 radical (unpaired) electrons. The van der Waals surface area contributed by atoms with Crippen molar-refractivity contribution in [3.05, 3.63) is 17.5 Å². The Morgan fingerprint density at radius 3 is 2.48 bits per heavy atom. The normalized spacial score (nSPS) is 21.6. The molecule has 0 amide bonds. The minimum atomic E-state index is 0.181. The molecule has 1 aliphatic heterocycles. The fourth-order valence-electron chi connectivity index (χ4n) is 3.58. The summed E-state index contributed by atoms with van der Waals surface area (Å²) >= 11 is 0. The summed E-state index contributed by atoms with van der Waals surface area (Å²) in [5, 5.41) is 8.34. The minimum absolute atomic E-state index is 0.181. The molecule has 4 heteroatoms. The maximum absolute atomic E-state index is 4.60. The zero-order valence-corrected chi connectivity index (χ0v) is 14.7. The molecule has 2 heterocycles. The first-order chi connectivity index (χ1) is 9.85. The standard InChI is InChI=1S/C17H32N4/c1-7-17(8-2)12-18-16(5,6)13-20(17)11-15-10-14(4)19-21(15)9-3/h10,18H,7-9,11-13H2,1-6H3. The van der Waals surface area contributed by atoms with Crippen molar-refractivity contribution >= 4 is 0 Å². The molecule has 1 N–H and O–H groups in total. The minimum Gasteiger partial charge on any atom is -0.309 e. The van der Waals surface area contributed by atoms with E-state index in [-0.39, 0.29) is 11.1 Å². The summed E-state index contributed by atoms with van der Waals surface area (Å²) in [5.74, 6) is 0. The highest BCUT2D eigenvalue weighted by molar-refractivity contribution is 5.11. The van der Waals surface area contributed by atoms with Crippen LogP contribution in [-0.4, -0.2) is 38.8 Å². The van der Waals surface area contributed by atoms with Crippen LogP contribution in [0.3, 0.4) is 0 Å². The highest BCUT2D eigenvalue weighted by atomic mass is 15.3. The Balaban J connectivity index is 2.27. The van der Waals surface area contributed by atoms with Gasteiger partial charge in [-0.25, -0.2) is 0 Å². The van der Waals surface area contributed by atoms with Crippen LogP contribution in [0.25, 0.3) is 0 Å². The maximum Gasteiger partial charge on any atom is 0.0597 e. The molecule has 0 atom stereocenters. The van der Waals surface area contributed by atoms with Crippen molar-refractivity contribution in [3.63, 3.8) is 0 Å². The second-order valence-electron chi connectivity index (χ2n) is 7.12. The number of nitrogens with one attached hydrogen (secondary N) is 1. The largest absolute Gasteiger partial charge is 0.309 e. The van der Waals surface area contributed by atoms with Crippen molar-refractivity contribution < 1.29 is 0 Å². The number of piperazine rings is 1. The van der Waals surface area contributed by atoms with Crippen LogP contribution in [0.15, 0.2) is 6.07 Å². The highest BCUT2D eigenvalue weighted by Crippen LogP contribution is 2.31. The molecule has 2 rings (SSSR count). The fraction of sp³-hybridized carbons (Fsp3) is 0.824. The molecule has 0 aliphatic carbocycles. The summed E-state index contributed by atoms with van der Waals surface area (Å²) in [5.41, 5.74) is 2.92. The van der Waals surface area contributed by atoms with Gasteiger partial charge in [-0.15, -0.1) is 0 Å². The molecule has 1 fully saturated rings. The van der Waals surface area contributed by atoms with Gasteiger partial charge in [0.1, 0.15) is 0 Å². The maximum atomic E-state index is 4.60. The third-order valence-corrected chi connectivity index (χ3v) is 5.11. The van der Waals surface area contributed by atoms with Crippen molar-refractivity contribution in [1.82, 2.24) is 20.0 Å². The monoisotopic (exact) mass is 292 g/mol. The molecule has 1 aliphatic rings. The third kappa shape index (κ3) is 3.32. The Kier molecular flexibility index (Phi) is 4.79. The van der Waals surface area contributed by atoms with E-state index in [1.54, 1.807) is 0 Å². The number of rotatable bonds is 5. The van der Waals surface area contributed by atoms with Gasteiger partial charge in [0.2, 0.25) is 0 Å². The van der Waals surface area contributed by atoms with E-state index in [2.05, 4.69) is 67.6 Å². The van der Waals surface area contributed by atoms with Gasteiger partial charge in [0.25, 0.3) is 0 Å². The number of hydrogen-bond donors (Lipinski definition) is 1. The number of aryl methyl sites for hydroxylation is 2. The van der Waals surface area contributed by atoms with Crippen molar-refractivity contribution in [2.24, 2.45) is 0 Å². The van der Waals surface area contributed by atoms with Crippen molar-refractivity contribution in [2.75, 3.05) is 13.1 Å². The lowest BCUT2D eigenvalue weighted by molar-refractivity contribution is 0.000558. The predicted octanol–water partition coefficient (Wildman–Crippen LogP) is 2.95. The van der Waals surface area contributed by atoms with E-state index in [0.29, 0.717) is 0 Å². The average Bonchev–Trinajstić information content (AvgIpc) is 2.79. The van der Waals surface area contributed by atoms with E-state index in [0.717, 1.165) is 31.9 Å². The Morgan fingerprint density at radius 1 is 1.24 bits per heavy atom. The lowest BCUT2D eigenvalue weighted by atomic mass is 9.84. The van der Waals surface area contributed by atoms with E-state index in [9.17, 15) is 0 Å². The summed E-state index contributed by atoms with van der Waals surface area (Å²) < 4.78 is 2.15. The number of aromatic nitrogens is 2. The Hall–Kier alpha value is -0.870. The average molecular weight is 292 g/mol. The lowest BCUT2D eigenvalue weighted by Gasteiger charge is -2.52. The van der Waals surface area contributed by atoms with Gasteiger partial charge in [-0.2, -0.15) is 5.10 Å². The van der Waals surface area contributed by atoms with Crippen molar-refractivity contribution in [2.45, 2.75) is 78.6 Å². The Bertz CT molecular complexity index is 471. The molecule has 21 heavy (non-hydrogen) atoms. The fourth-order valence-corrected chi connectivity index (χ4v) is 3.58.